The maximum absolute atomic E-state index is 12.4. The summed E-state index contributed by atoms with van der Waals surface area (Å²) in [6, 6.07) is 7.32. The quantitative estimate of drug-likeness (QED) is 0.830. The largest absolute Gasteiger partial charge is 0.477 e. The Kier molecular flexibility index (Phi) is 5.15. The van der Waals surface area contributed by atoms with Crippen LogP contribution in [0.4, 0.5) is 0 Å². The maximum atomic E-state index is 12.4. The van der Waals surface area contributed by atoms with Crippen LogP contribution in [-0.4, -0.2) is 47.1 Å². The molecular formula is C17H18ClN3O3. The fourth-order valence-electron chi connectivity index (χ4n) is 2.63. The molecule has 24 heavy (non-hydrogen) atoms. The number of carbonyl (C=O) groups excluding carboxylic acids is 1. The van der Waals surface area contributed by atoms with Gasteiger partial charge in [-0.1, -0.05) is 23.7 Å². The first-order valence-electron chi connectivity index (χ1n) is 7.69. The number of amides is 1. The van der Waals surface area contributed by atoms with Crippen LogP contribution in [0.3, 0.4) is 0 Å². The van der Waals surface area contributed by atoms with Crippen LogP contribution < -0.4 is 9.47 Å². The summed E-state index contributed by atoms with van der Waals surface area (Å²) in [4.78, 5) is 22.4. The van der Waals surface area contributed by atoms with Gasteiger partial charge in [0.05, 0.1) is 20.1 Å². The van der Waals surface area contributed by atoms with Gasteiger partial charge in [0.15, 0.2) is 0 Å². The van der Waals surface area contributed by atoms with Crippen molar-refractivity contribution < 1.29 is 14.3 Å². The summed E-state index contributed by atoms with van der Waals surface area (Å²) in [6.07, 6.45) is 4.10. The molecule has 2 heterocycles. The topological polar surface area (TPSA) is 64.6 Å². The zero-order valence-electron chi connectivity index (χ0n) is 13.3. The van der Waals surface area contributed by atoms with E-state index in [-0.39, 0.29) is 12.0 Å². The van der Waals surface area contributed by atoms with Gasteiger partial charge in [-0.3, -0.25) is 4.79 Å². The third kappa shape index (κ3) is 3.94. The third-order valence-electron chi connectivity index (χ3n) is 3.87. The number of benzene rings is 1. The second-order valence-corrected chi connectivity index (χ2v) is 5.98. The molecule has 3 rings (SSSR count). The van der Waals surface area contributed by atoms with Gasteiger partial charge in [0, 0.05) is 30.4 Å². The van der Waals surface area contributed by atoms with Gasteiger partial charge in [0.25, 0.3) is 11.8 Å². The zero-order valence-corrected chi connectivity index (χ0v) is 14.1. The lowest BCUT2D eigenvalue weighted by molar-refractivity contribution is -0.129. The Morgan fingerprint density at radius 1 is 1.25 bits per heavy atom. The average Bonchev–Trinajstić information content (AvgIpc) is 3.06. The van der Waals surface area contributed by atoms with Crippen LogP contribution in [0.5, 0.6) is 11.8 Å². The molecule has 0 aliphatic carbocycles. The first-order valence-corrected chi connectivity index (χ1v) is 8.07. The fraction of sp³-hybridized carbons (Fsp3) is 0.353. The Hall–Kier alpha value is -2.34. The Labute approximate surface area is 145 Å². The Balaban J connectivity index is 1.56. The molecule has 1 saturated heterocycles. The van der Waals surface area contributed by atoms with Crippen LogP contribution in [0.25, 0.3) is 0 Å². The molecule has 1 fully saturated rings. The van der Waals surface area contributed by atoms with Gasteiger partial charge in [-0.15, -0.1) is 0 Å². The summed E-state index contributed by atoms with van der Waals surface area (Å²) in [7, 11) is 1.52. The lowest BCUT2D eigenvalue weighted by atomic mass is 10.1. The molecule has 7 heteroatoms. The predicted molar refractivity (Wildman–Crippen MR) is 89.4 cm³/mol. The minimum Gasteiger partial charge on any atom is -0.477 e. The molecule has 1 aromatic carbocycles. The van der Waals surface area contributed by atoms with Gasteiger partial charge in [-0.25, -0.2) is 9.97 Å². The highest BCUT2D eigenvalue weighted by atomic mass is 35.5. The van der Waals surface area contributed by atoms with Gasteiger partial charge in [-0.2, -0.15) is 0 Å². The summed E-state index contributed by atoms with van der Waals surface area (Å²) in [5, 5.41) is 0.666. The molecule has 0 radical (unpaired) electrons. The minimum atomic E-state index is -0.107. The van der Waals surface area contributed by atoms with E-state index in [0.717, 1.165) is 12.0 Å². The van der Waals surface area contributed by atoms with Crippen molar-refractivity contribution in [2.24, 2.45) is 0 Å². The number of aromatic nitrogens is 2. The lowest BCUT2D eigenvalue weighted by Gasteiger charge is -2.17. The molecular weight excluding hydrogens is 330 g/mol. The Morgan fingerprint density at radius 2 is 1.96 bits per heavy atom. The Bertz CT molecular complexity index is 708. The van der Waals surface area contributed by atoms with E-state index in [1.54, 1.807) is 24.5 Å². The summed E-state index contributed by atoms with van der Waals surface area (Å²) in [5.74, 6) is 0.787. The minimum absolute atomic E-state index is 0.0783. The third-order valence-corrected chi connectivity index (χ3v) is 4.12. The number of likely N-dealkylation sites (tertiary alicyclic amines) is 1. The normalized spacial score (nSPS) is 16.9. The smallest absolute Gasteiger partial charge is 0.278 e. The second kappa shape index (κ2) is 7.49. The highest BCUT2D eigenvalue weighted by Crippen LogP contribution is 2.24. The van der Waals surface area contributed by atoms with E-state index in [4.69, 9.17) is 21.1 Å². The fourth-order valence-corrected chi connectivity index (χ4v) is 2.76. The van der Waals surface area contributed by atoms with Crippen molar-refractivity contribution in [3.63, 3.8) is 0 Å². The molecule has 1 unspecified atom stereocenters. The summed E-state index contributed by atoms with van der Waals surface area (Å²) in [5.41, 5.74) is 0.948. The lowest BCUT2D eigenvalue weighted by Crippen LogP contribution is -2.32. The molecule has 0 spiro atoms. The number of methoxy groups -OCH3 is 1. The molecule has 1 aromatic heterocycles. The van der Waals surface area contributed by atoms with Gasteiger partial charge in [0.2, 0.25) is 5.91 Å². The maximum Gasteiger partial charge on any atom is 0.278 e. The van der Waals surface area contributed by atoms with Crippen LogP contribution >= 0.6 is 11.6 Å². The van der Waals surface area contributed by atoms with Crippen LogP contribution in [0.1, 0.15) is 12.0 Å². The molecule has 0 N–H and O–H groups in total. The van der Waals surface area contributed by atoms with Crippen molar-refractivity contribution in [3.05, 3.63) is 47.2 Å². The van der Waals surface area contributed by atoms with E-state index >= 15 is 0 Å². The molecule has 1 atom stereocenters. The van der Waals surface area contributed by atoms with Crippen molar-refractivity contribution in [2.45, 2.75) is 18.9 Å². The van der Waals surface area contributed by atoms with E-state index in [0.29, 0.717) is 36.3 Å². The van der Waals surface area contributed by atoms with E-state index in [1.165, 1.54) is 7.11 Å². The molecule has 0 saturated carbocycles. The van der Waals surface area contributed by atoms with Crippen LogP contribution in [0.2, 0.25) is 5.02 Å². The highest BCUT2D eigenvalue weighted by Gasteiger charge is 2.28. The number of carbonyl (C=O) groups is 1. The SMILES string of the molecule is COc1nccnc1OC1CCN(C(=O)Cc2ccc(Cl)cc2)C1. The Morgan fingerprint density at radius 3 is 2.67 bits per heavy atom. The van der Waals surface area contributed by atoms with E-state index in [9.17, 15) is 4.79 Å². The average molecular weight is 348 g/mol. The number of halogens is 1. The highest BCUT2D eigenvalue weighted by molar-refractivity contribution is 6.30. The van der Waals surface area contributed by atoms with Gasteiger partial charge >= 0.3 is 0 Å². The van der Waals surface area contributed by atoms with Crippen molar-refractivity contribution in [1.29, 1.82) is 0 Å². The molecule has 0 bridgehead atoms. The number of ether oxygens (including phenoxy) is 2. The van der Waals surface area contributed by atoms with Gasteiger partial charge < -0.3 is 14.4 Å². The number of nitrogens with zero attached hydrogens (tertiary/aromatic N) is 3. The molecule has 1 aliphatic rings. The molecule has 1 amide bonds. The van der Waals surface area contributed by atoms with Gasteiger partial charge in [0.1, 0.15) is 6.10 Å². The predicted octanol–water partition coefficient (Wildman–Crippen LogP) is 2.36. The number of rotatable bonds is 5. The van der Waals surface area contributed by atoms with Crippen LogP contribution in [0.15, 0.2) is 36.7 Å². The summed E-state index contributed by atoms with van der Waals surface area (Å²) in [6.45, 7) is 1.20. The standard InChI is InChI=1S/C17H18ClN3O3/c1-23-16-17(20-8-7-19-16)24-14-6-9-21(11-14)15(22)10-12-2-4-13(18)5-3-12/h2-5,7-8,14H,6,9-11H2,1H3. The van der Waals surface area contributed by atoms with E-state index < -0.39 is 0 Å². The summed E-state index contributed by atoms with van der Waals surface area (Å²) >= 11 is 5.86. The number of hydrogen-bond acceptors (Lipinski definition) is 5. The molecule has 6 nitrogen and oxygen atoms in total. The summed E-state index contributed by atoms with van der Waals surface area (Å²) < 4.78 is 11.0. The molecule has 126 valence electrons. The zero-order chi connectivity index (χ0) is 16.9. The van der Waals surface area contributed by atoms with Crippen LogP contribution in [-0.2, 0) is 11.2 Å². The van der Waals surface area contributed by atoms with Crippen molar-refractivity contribution >= 4 is 17.5 Å². The second-order valence-electron chi connectivity index (χ2n) is 5.54. The number of hydrogen-bond donors (Lipinski definition) is 0. The molecule has 2 aromatic rings. The van der Waals surface area contributed by atoms with E-state index in [2.05, 4.69) is 9.97 Å². The monoisotopic (exact) mass is 347 g/mol. The van der Waals surface area contributed by atoms with E-state index in [1.807, 2.05) is 17.0 Å². The van der Waals surface area contributed by atoms with Gasteiger partial charge in [-0.05, 0) is 17.7 Å². The first-order chi connectivity index (χ1) is 11.7. The van der Waals surface area contributed by atoms with Crippen molar-refractivity contribution in [1.82, 2.24) is 14.9 Å². The van der Waals surface area contributed by atoms with Crippen molar-refractivity contribution in [3.8, 4) is 11.8 Å². The van der Waals surface area contributed by atoms with Crippen molar-refractivity contribution in [2.75, 3.05) is 20.2 Å². The first kappa shape index (κ1) is 16.5. The van der Waals surface area contributed by atoms with Crippen LogP contribution in [0, 0.1) is 0 Å². The molecule has 1 aliphatic heterocycles.